The molecule has 6 nitrogen and oxygen atoms in total. The Kier molecular flexibility index (Phi) is 4.33. The van der Waals surface area contributed by atoms with Crippen LogP contribution in [0.15, 0.2) is 59.6 Å². The summed E-state index contributed by atoms with van der Waals surface area (Å²) < 4.78 is 10.5. The monoisotopic (exact) mass is 309 g/mol. The Hall–Kier alpha value is -3.15. The Morgan fingerprint density at radius 1 is 1.17 bits per heavy atom. The number of carbonyl (C=O) groups is 1. The van der Waals surface area contributed by atoms with E-state index in [2.05, 4.69) is 15.3 Å². The first-order chi connectivity index (χ1) is 11.3. The molecule has 0 radical (unpaired) electrons. The number of amides is 1. The lowest BCUT2D eigenvalue weighted by atomic mass is 10.1. The summed E-state index contributed by atoms with van der Waals surface area (Å²) in [5.41, 5.74) is 2.04. The van der Waals surface area contributed by atoms with E-state index in [0.717, 1.165) is 5.56 Å². The lowest BCUT2D eigenvalue weighted by molar-refractivity contribution is 0.102. The van der Waals surface area contributed by atoms with Gasteiger partial charge in [0.05, 0.1) is 18.4 Å². The molecular formula is C17H15N3O3. The fraction of sp³-hybridized carbons (Fsp3) is 0.118. The zero-order valence-electron chi connectivity index (χ0n) is 12.5. The summed E-state index contributed by atoms with van der Waals surface area (Å²) in [6.07, 6.45) is 4.51. The van der Waals surface area contributed by atoms with Gasteiger partial charge in [-0.3, -0.25) is 4.79 Å². The minimum Gasteiger partial charge on any atom is -0.478 e. The van der Waals surface area contributed by atoms with Crippen molar-refractivity contribution in [3.8, 4) is 17.2 Å². The molecule has 0 aliphatic heterocycles. The molecule has 3 rings (SSSR count). The first kappa shape index (κ1) is 14.8. The molecule has 23 heavy (non-hydrogen) atoms. The maximum Gasteiger partial charge on any atom is 0.257 e. The summed E-state index contributed by atoms with van der Waals surface area (Å²) in [5, 5.41) is 2.82. The molecule has 6 heteroatoms. The molecule has 2 heterocycles. The third-order valence-corrected chi connectivity index (χ3v) is 3.15. The largest absolute Gasteiger partial charge is 0.478 e. The molecule has 0 aliphatic carbocycles. The summed E-state index contributed by atoms with van der Waals surface area (Å²) >= 11 is 0. The van der Waals surface area contributed by atoms with Gasteiger partial charge in [0.2, 0.25) is 5.88 Å². The lowest BCUT2D eigenvalue weighted by Gasteiger charge is -2.06. The van der Waals surface area contributed by atoms with Crippen LogP contribution in [0.2, 0.25) is 0 Å². The van der Waals surface area contributed by atoms with Crippen molar-refractivity contribution in [3.05, 3.63) is 60.7 Å². The molecule has 0 saturated heterocycles. The van der Waals surface area contributed by atoms with Crippen molar-refractivity contribution in [3.63, 3.8) is 0 Å². The molecule has 116 valence electrons. The van der Waals surface area contributed by atoms with Crippen LogP contribution in [0.4, 0.5) is 5.69 Å². The lowest BCUT2D eigenvalue weighted by Crippen LogP contribution is -2.12. The van der Waals surface area contributed by atoms with Gasteiger partial charge in [-0.05, 0) is 37.3 Å². The third kappa shape index (κ3) is 3.55. The third-order valence-electron chi connectivity index (χ3n) is 3.15. The highest BCUT2D eigenvalue weighted by Gasteiger charge is 2.08. The van der Waals surface area contributed by atoms with E-state index >= 15 is 0 Å². The number of rotatable bonds is 5. The molecule has 0 bridgehead atoms. The van der Waals surface area contributed by atoms with Crippen LogP contribution >= 0.6 is 0 Å². The molecular weight excluding hydrogens is 294 g/mol. The van der Waals surface area contributed by atoms with Crippen molar-refractivity contribution in [2.24, 2.45) is 0 Å². The number of anilines is 1. The number of carbonyl (C=O) groups excluding carboxylic acids is 1. The van der Waals surface area contributed by atoms with E-state index < -0.39 is 0 Å². The minimum atomic E-state index is -0.229. The predicted molar refractivity (Wildman–Crippen MR) is 85.3 cm³/mol. The van der Waals surface area contributed by atoms with Crippen molar-refractivity contribution < 1.29 is 13.9 Å². The average Bonchev–Trinajstić information content (AvgIpc) is 3.11. The second-order valence-corrected chi connectivity index (χ2v) is 4.72. The Labute approximate surface area is 133 Å². The predicted octanol–water partition coefficient (Wildman–Crippen LogP) is 3.39. The number of hydrogen-bond acceptors (Lipinski definition) is 5. The number of nitrogens with zero attached hydrogens (tertiary/aromatic N) is 2. The van der Waals surface area contributed by atoms with Crippen molar-refractivity contribution in [2.75, 3.05) is 11.9 Å². The highest BCUT2D eigenvalue weighted by atomic mass is 16.5. The Morgan fingerprint density at radius 2 is 2.00 bits per heavy atom. The molecule has 1 N–H and O–H groups in total. The molecule has 0 fully saturated rings. The fourth-order valence-corrected chi connectivity index (χ4v) is 2.03. The zero-order chi connectivity index (χ0) is 16.1. The van der Waals surface area contributed by atoms with Crippen molar-refractivity contribution in [1.29, 1.82) is 0 Å². The number of benzene rings is 1. The quantitative estimate of drug-likeness (QED) is 0.781. The highest BCUT2D eigenvalue weighted by molar-refractivity contribution is 6.04. The summed E-state index contributed by atoms with van der Waals surface area (Å²) in [6.45, 7) is 2.42. The molecule has 2 aromatic heterocycles. The maximum absolute atomic E-state index is 12.2. The molecule has 0 atom stereocenters. The van der Waals surface area contributed by atoms with Gasteiger partial charge in [-0.15, -0.1) is 0 Å². The van der Waals surface area contributed by atoms with E-state index in [1.807, 2.05) is 19.1 Å². The standard InChI is InChI=1S/C17H15N3O3/c1-2-22-16-8-5-13(9-19-16)17(21)20-14-6-3-12(4-7-14)15-10-18-11-23-15/h3-11H,2H2,1H3,(H,20,21). The van der Waals surface area contributed by atoms with Crippen LogP contribution in [0.25, 0.3) is 11.3 Å². The van der Waals surface area contributed by atoms with Gasteiger partial charge in [0, 0.05) is 23.5 Å². The SMILES string of the molecule is CCOc1ccc(C(=O)Nc2ccc(-c3cnco3)cc2)cn1. The Morgan fingerprint density at radius 3 is 2.61 bits per heavy atom. The normalized spacial score (nSPS) is 10.3. The maximum atomic E-state index is 12.2. The van der Waals surface area contributed by atoms with Gasteiger partial charge in [0.25, 0.3) is 5.91 Å². The Balaban J connectivity index is 1.67. The number of aromatic nitrogens is 2. The topological polar surface area (TPSA) is 77.2 Å². The number of nitrogens with one attached hydrogen (secondary N) is 1. The second kappa shape index (κ2) is 6.74. The summed E-state index contributed by atoms with van der Waals surface area (Å²) in [7, 11) is 0. The van der Waals surface area contributed by atoms with Crippen LogP contribution in [0.1, 0.15) is 17.3 Å². The van der Waals surface area contributed by atoms with Gasteiger partial charge < -0.3 is 14.5 Å². The van der Waals surface area contributed by atoms with Gasteiger partial charge in [-0.2, -0.15) is 0 Å². The second-order valence-electron chi connectivity index (χ2n) is 4.72. The van der Waals surface area contributed by atoms with Crippen LogP contribution in [0.5, 0.6) is 5.88 Å². The molecule has 0 spiro atoms. The van der Waals surface area contributed by atoms with Crippen LogP contribution in [0, 0.1) is 0 Å². The van der Waals surface area contributed by atoms with Gasteiger partial charge in [0.15, 0.2) is 12.2 Å². The van der Waals surface area contributed by atoms with E-state index in [9.17, 15) is 4.79 Å². The molecule has 0 saturated carbocycles. The van der Waals surface area contributed by atoms with Crippen molar-refractivity contribution in [1.82, 2.24) is 9.97 Å². The van der Waals surface area contributed by atoms with E-state index in [0.29, 0.717) is 29.5 Å². The molecule has 0 aliphatic rings. The smallest absolute Gasteiger partial charge is 0.257 e. The number of oxazole rings is 1. The van der Waals surface area contributed by atoms with Crippen LogP contribution < -0.4 is 10.1 Å². The minimum absolute atomic E-state index is 0.229. The van der Waals surface area contributed by atoms with Crippen LogP contribution in [0.3, 0.4) is 0 Å². The van der Waals surface area contributed by atoms with Crippen LogP contribution in [-0.2, 0) is 0 Å². The van der Waals surface area contributed by atoms with E-state index in [1.54, 1.807) is 30.5 Å². The van der Waals surface area contributed by atoms with Gasteiger partial charge in [0.1, 0.15) is 0 Å². The van der Waals surface area contributed by atoms with Gasteiger partial charge in [-0.25, -0.2) is 9.97 Å². The van der Waals surface area contributed by atoms with Crippen LogP contribution in [-0.4, -0.2) is 22.5 Å². The first-order valence-corrected chi connectivity index (χ1v) is 7.15. The summed E-state index contributed by atoms with van der Waals surface area (Å²) in [6, 6.07) is 10.7. The Bertz CT molecular complexity index is 766. The van der Waals surface area contributed by atoms with Gasteiger partial charge in [-0.1, -0.05) is 0 Å². The zero-order valence-corrected chi connectivity index (χ0v) is 12.5. The summed E-state index contributed by atoms with van der Waals surface area (Å²) in [4.78, 5) is 20.1. The molecule has 3 aromatic rings. The summed E-state index contributed by atoms with van der Waals surface area (Å²) in [5.74, 6) is 0.951. The van der Waals surface area contributed by atoms with E-state index in [4.69, 9.17) is 9.15 Å². The van der Waals surface area contributed by atoms with Crippen molar-refractivity contribution >= 4 is 11.6 Å². The highest BCUT2D eigenvalue weighted by Crippen LogP contribution is 2.21. The number of ether oxygens (including phenoxy) is 1. The van der Waals surface area contributed by atoms with E-state index in [1.165, 1.54) is 12.6 Å². The van der Waals surface area contributed by atoms with Crippen molar-refractivity contribution in [2.45, 2.75) is 6.92 Å². The number of pyridine rings is 1. The average molecular weight is 309 g/mol. The van der Waals surface area contributed by atoms with Gasteiger partial charge >= 0.3 is 0 Å². The molecule has 0 unspecified atom stereocenters. The fourth-order valence-electron chi connectivity index (χ4n) is 2.03. The number of hydrogen-bond donors (Lipinski definition) is 1. The first-order valence-electron chi connectivity index (χ1n) is 7.15. The van der Waals surface area contributed by atoms with E-state index in [-0.39, 0.29) is 5.91 Å². The molecule has 1 aromatic carbocycles. The molecule has 1 amide bonds.